The third kappa shape index (κ3) is 4.28. The first-order valence-electron chi connectivity index (χ1n) is 8.15. The number of hydrogen-bond donors (Lipinski definition) is 2. The van der Waals surface area contributed by atoms with Gasteiger partial charge in [-0.3, -0.25) is 4.79 Å². The number of benzene rings is 1. The molecular formula is C18H22N4O. The highest BCUT2D eigenvalue weighted by Crippen LogP contribution is 2.18. The van der Waals surface area contributed by atoms with Crippen LogP contribution in [0.3, 0.4) is 0 Å². The predicted octanol–water partition coefficient (Wildman–Crippen LogP) is 3.07. The lowest BCUT2D eigenvalue weighted by Crippen LogP contribution is -2.33. The Labute approximate surface area is 136 Å². The highest BCUT2D eigenvalue weighted by Gasteiger charge is 2.18. The molecule has 1 heterocycles. The Balaban J connectivity index is 1.53. The van der Waals surface area contributed by atoms with E-state index in [2.05, 4.69) is 52.0 Å². The van der Waals surface area contributed by atoms with Gasteiger partial charge in [-0.05, 0) is 37.5 Å². The van der Waals surface area contributed by atoms with Crippen LogP contribution >= 0.6 is 0 Å². The third-order valence-corrected chi connectivity index (χ3v) is 4.18. The van der Waals surface area contributed by atoms with E-state index in [0.717, 1.165) is 12.8 Å². The largest absolute Gasteiger partial charge is 0.365 e. The number of anilines is 1. The molecule has 0 atom stereocenters. The van der Waals surface area contributed by atoms with E-state index in [1.807, 2.05) is 0 Å². The van der Waals surface area contributed by atoms with Crippen molar-refractivity contribution in [2.24, 2.45) is 0 Å². The zero-order valence-corrected chi connectivity index (χ0v) is 13.4. The molecule has 0 spiro atoms. The average Bonchev–Trinajstić information content (AvgIpc) is 3.08. The maximum absolute atomic E-state index is 12.1. The van der Waals surface area contributed by atoms with Crippen LogP contribution in [-0.4, -0.2) is 22.1 Å². The molecule has 1 aromatic carbocycles. The number of carbonyl (C=O) groups is 1. The van der Waals surface area contributed by atoms with Crippen LogP contribution in [0.1, 0.15) is 47.3 Å². The van der Waals surface area contributed by atoms with E-state index >= 15 is 0 Å². The van der Waals surface area contributed by atoms with Crippen LogP contribution in [0.15, 0.2) is 36.4 Å². The molecule has 5 nitrogen and oxygen atoms in total. The van der Waals surface area contributed by atoms with Crippen molar-refractivity contribution in [3.63, 3.8) is 0 Å². The monoisotopic (exact) mass is 310 g/mol. The zero-order chi connectivity index (χ0) is 16.1. The Bertz CT molecular complexity index is 646. The van der Waals surface area contributed by atoms with Gasteiger partial charge in [0.15, 0.2) is 5.69 Å². The van der Waals surface area contributed by atoms with E-state index in [9.17, 15) is 4.79 Å². The van der Waals surface area contributed by atoms with E-state index < -0.39 is 0 Å². The summed E-state index contributed by atoms with van der Waals surface area (Å²) in [6.07, 6.45) is 4.52. The van der Waals surface area contributed by atoms with Crippen molar-refractivity contribution in [3.05, 3.63) is 53.2 Å². The lowest BCUT2D eigenvalue weighted by atomic mass is 10.1. The number of hydrogen-bond acceptors (Lipinski definition) is 4. The van der Waals surface area contributed by atoms with Gasteiger partial charge in [-0.1, -0.05) is 42.7 Å². The molecule has 5 heteroatoms. The Hall–Kier alpha value is -2.43. The molecule has 1 amide bonds. The van der Waals surface area contributed by atoms with Crippen molar-refractivity contribution in [1.82, 2.24) is 15.5 Å². The van der Waals surface area contributed by atoms with Crippen molar-refractivity contribution in [1.29, 1.82) is 0 Å². The second-order valence-electron chi connectivity index (χ2n) is 6.10. The molecule has 1 aliphatic rings. The molecule has 1 aromatic heterocycles. The second-order valence-corrected chi connectivity index (χ2v) is 6.10. The van der Waals surface area contributed by atoms with Gasteiger partial charge in [0.05, 0.1) is 0 Å². The Morgan fingerprint density at radius 1 is 1.09 bits per heavy atom. The van der Waals surface area contributed by atoms with E-state index in [1.54, 1.807) is 12.1 Å². The molecule has 0 radical (unpaired) electrons. The average molecular weight is 310 g/mol. The van der Waals surface area contributed by atoms with Crippen LogP contribution in [0, 0.1) is 6.92 Å². The number of amides is 1. The molecule has 2 aromatic rings. The second kappa shape index (κ2) is 7.22. The van der Waals surface area contributed by atoms with Gasteiger partial charge in [-0.25, -0.2) is 0 Å². The minimum atomic E-state index is -0.130. The van der Waals surface area contributed by atoms with Crippen molar-refractivity contribution in [2.45, 2.75) is 45.2 Å². The summed E-state index contributed by atoms with van der Waals surface area (Å²) in [6, 6.07) is 12.1. The van der Waals surface area contributed by atoms with E-state index in [0.29, 0.717) is 24.1 Å². The van der Waals surface area contributed by atoms with Gasteiger partial charge >= 0.3 is 0 Å². The van der Waals surface area contributed by atoms with Gasteiger partial charge in [0.25, 0.3) is 5.91 Å². The van der Waals surface area contributed by atoms with Gasteiger partial charge < -0.3 is 10.6 Å². The van der Waals surface area contributed by atoms with E-state index in [4.69, 9.17) is 0 Å². The number of aromatic nitrogens is 2. The summed E-state index contributed by atoms with van der Waals surface area (Å²) in [6.45, 7) is 2.75. The number of nitrogens with one attached hydrogen (secondary N) is 2. The van der Waals surface area contributed by atoms with Crippen molar-refractivity contribution in [2.75, 3.05) is 5.32 Å². The fourth-order valence-corrected chi connectivity index (χ4v) is 2.78. The van der Waals surface area contributed by atoms with Crippen LogP contribution in [0.5, 0.6) is 0 Å². The smallest absolute Gasteiger partial charge is 0.272 e. The zero-order valence-electron chi connectivity index (χ0n) is 13.4. The fraction of sp³-hybridized carbons (Fsp3) is 0.389. The molecule has 0 unspecified atom stereocenters. The lowest BCUT2D eigenvalue weighted by Gasteiger charge is -2.11. The molecular weight excluding hydrogens is 288 g/mol. The summed E-state index contributed by atoms with van der Waals surface area (Å²) in [7, 11) is 0. The first kappa shape index (κ1) is 15.5. The Morgan fingerprint density at radius 3 is 2.48 bits per heavy atom. The molecule has 0 aliphatic heterocycles. The van der Waals surface area contributed by atoms with Gasteiger partial charge in [0, 0.05) is 12.6 Å². The predicted molar refractivity (Wildman–Crippen MR) is 90.3 cm³/mol. The lowest BCUT2D eigenvalue weighted by molar-refractivity contribution is 0.0932. The van der Waals surface area contributed by atoms with Crippen LogP contribution in [0.4, 0.5) is 5.82 Å². The molecule has 1 fully saturated rings. The number of aryl methyl sites for hydroxylation is 1. The van der Waals surface area contributed by atoms with E-state index in [1.165, 1.54) is 24.0 Å². The number of carbonyl (C=O) groups excluding carboxylic acids is 1. The van der Waals surface area contributed by atoms with Gasteiger partial charge in [-0.15, -0.1) is 10.2 Å². The molecule has 120 valence electrons. The Kier molecular flexibility index (Phi) is 4.86. The molecule has 23 heavy (non-hydrogen) atoms. The summed E-state index contributed by atoms with van der Waals surface area (Å²) in [4.78, 5) is 12.1. The van der Waals surface area contributed by atoms with Gasteiger partial charge in [0.1, 0.15) is 5.82 Å². The molecule has 3 rings (SSSR count). The van der Waals surface area contributed by atoms with Crippen LogP contribution in [0.25, 0.3) is 0 Å². The minimum Gasteiger partial charge on any atom is -0.365 e. The quantitative estimate of drug-likeness (QED) is 0.890. The van der Waals surface area contributed by atoms with Crippen LogP contribution in [0.2, 0.25) is 0 Å². The van der Waals surface area contributed by atoms with Crippen LogP contribution in [-0.2, 0) is 6.54 Å². The minimum absolute atomic E-state index is 0.130. The van der Waals surface area contributed by atoms with Crippen molar-refractivity contribution < 1.29 is 4.79 Å². The molecule has 0 bridgehead atoms. The van der Waals surface area contributed by atoms with Gasteiger partial charge in [0.2, 0.25) is 0 Å². The highest BCUT2D eigenvalue weighted by molar-refractivity contribution is 5.92. The summed E-state index contributed by atoms with van der Waals surface area (Å²) in [5, 5.41) is 14.3. The molecule has 2 N–H and O–H groups in total. The topological polar surface area (TPSA) is 66.9 Å². The number of rotatable bonds is 5. The summed E-state index contributed by atoms with van der Waals surface area (Å²) < 4.78 is 0. The number of nitrogens with zero attached hydrogens (tertiary/aromatic N) is 2. The maximum atomic E-state index is 12.1. The van der Waals surface area contributed by atoms with Crippen molar-refractivity contribution in [3.8, 4) is 0 Å². The fourth-order valence-electron chi connectivity index (χ4n) is 2.78. The SMILES string of the molecule is Cc1ccc(CNc2ccc(C(=O)NC3CCCC3)nn2)cc1. The van der Waals surface area contributed by atoms with Gasteiger partial charge in [-0.2, -0.15) is 0 Å². The molecule has 1 aliphatic carbocycles. The standard InChI is InChI=1S/C18H22N4O/c1-13-6-8-14(9-7-13)12-19-17-11-10-16(21-22-17)18(23)20-15-4-2-3-5-15/h6-11,15H,2-5,12H2,1H3,(H,19,22)(H,20,23). The Morgan fingerprint density at radius 2 is 1.83 bits per heavy atom. The maximum Gasteiger partial charge on any atom is 0.272 e. The highest BCUT2D eigenvalue weighted by atomic mass is 16.2. The first-order valence-corrected chi connectivity index (χ1v) is 8.15. The summed E-state index contributed by atoms with van der Waals surface area (Å²) in [5.74, 6) is 0.539. The van der Waals surface area contributed by atoms with Crippen LogP contribution < -0.4 is 10.6 Å². The first-order chi connectivity index (χ1) is 11.2. The third-order valence-electron chi connectivity index (χ3n) is 4.18. The summed E-state index contributed by atoms with van der Waals surface area (Å²) in [5.41, 5.74) is 2.80. The molecule has 0 saturated heterocycles. The normalized spacial score (nSPS) is 14.7. The molecule has 1 saturated carbocycles. The summed E-state index contributed by atoms with van der Waals surface area (Å²) >= 11 is 0. The van der Waals surface area contributed by atoms with E-state index in [-0.39, 0.29) is 5.91 Å². The van der Waals surface area contributed by atoms with Crippen molar-refractivity contribution >= 4 is 11.7 Å².